The lowest BCUT2D eigenvalue weighted by Crippen LogP contribution is -2.24. The molecular weight excluding hydrogens is 665 g/mol. The summed E-state index contributed by atoms with van der Waals surface area (Å²) in [4.78, 5) is 14.4. The first-order chi connectivity index (χ1) is 25.3. The number of rotatable bonds is 5. The molecule has 3 heterocycles. The van der Waals surface area contributed by atoms with Crippen molar-refractivity contribution in [1.29, 1.82) is 0 Å². The van der Waals surface area contributed by atoms with E-state index in [9.17, 15) is 0 Å². The Labute approximate surface area is 319 Å². The molecule has 0 saturated heterocycles. The zero-order chi connectivity index (χ0) is 37.1. The third kappa shape index (κ3) is 6.75. The molecule has 2 aliphatic heterocycles. The quantitative estimate of drug-likeness (QED) is 0.177. The van der Waals surface area contributed by atoms with Gasteiger partial charge in [-0.1, -0.05) is 102 Å². The molecule has 8 rings (SSSR count). The summed E-state index contributed by atoms with van der Waals surface area (Å²) >= 11 is 1.80. The Bertz CT molecular complexity index is 2360. The highest BCUT2D eigenvalue weighted by atomic mass is 32.2. The molecular formula is C48H48N4S. The highest BCUT2D eigenvalue weighted by Crippen LogP contribution is 2.52. The van der Waals surface area contributed by atoms with Crippen LogP contribution in [0.5, 0.6) is 0 Å². The summed E-state index contributed by atoms with van der Waals surface area (Å²) in [6, 6.07) is 42.7. The topological polar surface area (TPSA) is 22.6 Å². The van der Waals surface area contributed by atoms with Gasteiger partial charge in [-0.3, -0.25) is 4.90 Å². The fourth-order valence-electron chi connectivity index (χ4n) is 7.30. The minimum atomic E-state index is -0.0114. The lowest BCUT2D eigenvalue weighted by atomic mass is 9.87. The Kier molecular flexibility index (Phi) is 8.74. The zero-order valence-electron chi connectivity index (χ0n) is 32.1. The molecule has 0 saturated carbocycles. The van der Waals surface area contributed by atoms with Gasteiger partial charge in [-0.05, 0) is 125 Å². The molecule has 4 nitrogen and oxygen atoms in total. The van der Waals surface area contributed by atoms with E-state index in [1.807, 2.05) is 6.20 Å². The van der Waals surface area contributed by atoms with Gasteiger partial charge in [0.2, 0.25) is 0 Å². The third-order valence-corrected chi connectivity index (χ3v) is 11.6. The second-order valence-electron chi connectivity index (χ2n) is 16.4. The van der Waals surface area contributed by atoms with Gasteiger partial charge in [-0.15, -0.1) is 0 Å². The molecule has 2 aliphatic rings. The summed E-state index contributed by atoms with van der Waals surface area (Å²) in [5.74, 6) is 0.929. The number of benzene rings is 5. The second-order valence-corrected chi connectivity index (χ2v) is 17.6. The van der Waals surface area contributed by atoms with E-state index in [2.05, 4.69) is 198 Å². The molecule has 0 unspecified atom stereocenters. The molecule has 0 amide bonds. The molecule has 0 bridgehead atoms. The minimum absolute atomic E-state index is 0.0114. The fourth-order valence-corrected chi connectivity index (χ4v) is 8.20. The van der Waals surface area contributed by atoms with Crippen molar-refractivity contribution in [3.8, 4) is 22.3 Å². The van der Waals surface area contributed by atoms with Crippen LogP contribution >= 0.6 is 11.8 Å². The molecule has 1 aromatic heterocycles. The molecule has 0 spiro atoms. The summed E-state index contributed by atoms with van der Waals surface area (Å²) < 4.78 is 0. The molecule has 53 heavy (non-hydrogen) atoms. The highest BCUT2D eigenvalue weighted by molar-refractivity contribution is 7.99. The molecule has 0 radical (unpaired) electrons. The van der Waals surface area contributed by atoms with Crippen molar-refractivity contribution in [1.82, 2.24) is 4.98 Å². The summed E-state index contributed by atoms with van der Waals surface area (Å²) in [6.45, 7) is 18.8. The number of nitrogens with zero attached hydrogens (tertiary/aromatic N) is 4. The van der Waals surface area contributed by atoms with Crippen LogP contribution in [0.1, 0.15) is 63.8 Å². The van der Waals surface area contributed by atoms with Crippen molar-refractivity contribution >= 4 is 40.3 Å². The van der Waals surface area contributed by atoms with Crippen LogP contribution in [-0.4, -0.2) is 11.7 Å². The molecule has 266 valence electrons. The lowest BCUT2D eigenvalue weighted by molar-refractivity contribution is 0.589. The van der Waals surface area contributed by atoms with E-state index in [1.165, 1.54) is 65.7 Å². The molecule has 6 aromatic rings. The standard InChI is InChI=1S/C48H48N4S/c1-32-26-43-41-15-10-9-14-40(41)42-21-20-39(30-45(42)52(44(43)27-33(32)2)46-28-35(22-23-49-46)48(6,7)8)53-38-13-11-12-37(29-38)51-25-24-50(31-51)36-18-16-34(17-19-36)47(3,4)5/h9-30H,31H2,1-8H3. The summed E-state index contributed by atoms with van der Waals surface area (Å²) in [5.41, 5.74) is 14.8. The van der Waals surface area contributed by atoms with Crippen LogP contribution in [0.15, 0.2) is 144 Å². The van der Waals surface area contributed by atoms with Gasteiger partial charge in [0.05, 0.1) is 18.0 Å². The van der Waals surface area contributed by atoms with Crippen LogP contribution in [0, 0.1) is 13.8 Å². The largest absolute Gasteiger partial charge is 0.328 e. The minimum Gasteiger partial charge on any atom is -0.328 e. The van der Waals surface area contributed by atoms with E-state index in [0.29, 0.717) is 0 Å². The Morgan fingerprint density at radius 1 is 0.528 bits per heavy atom. The molecule has 0 atom stereocenters. The fraction of sp³-hybridized carbons (Fsp3) is 0.229. The van der Waals surface area contributed by atoms with Crippen LogP contribution in [-0.2, 0) is 10.8 Å². The summed E-state index contributed by atoms with van der Waals surface area (Å²) in [5, 5.41) is 0. The van der Waals surface area contributed by atoms with E-state index in [4.69, 9.17) is 4.98 Å². The van der Waals surface area contributed by atoms with E-state index >= 15 is 0 Å². The zero-order valence-corrected chi connectivity index (χ0v) is 32.9. The van der Waals surface area contributed by atoms with Crippen molar-refractivity contribution in [3.05, 3.63) is 156 Å². The second kappa shape index (κ2) is 13.3. The Morgan fingerprint density at radius 3 is 1.89 bits per heavy atom. The first kappa shape index (κ1) is 34.8. The molecule has 0 N–H and O–H groups in total. The number of pyridine rings is 1. The summed E-state index contributed by atoms with van der Waals surface area (Å²) in [6.07, 6.45) is 6.32. The predicted molar refractivity (Wildman–Crippen MR) is 226 cm³/mol. The van der Waals surface area contributed by atoms with Gasteiger partial charge in [0.15, 0.2) is 0 Å². The van der Waals surface area contributed by atoms with E-state index < -0.39 is 0 Å². The summed E-state index contributed by atoms with van der Waals surface area (Å²) in [7, 11) is 0. The van der Waals surface area contributed by atoms with Crippen LogP contribution in [0.2, 0.25) is 0 Å². The first-order valence-corrected chi connectivity index (χ1v) is 19.4. The maximum Gasteiger partial charge on any atom is 0.137 e. The maximum atomic E-state index is 5.05. The molecule has 5 aromatic carbocycles. The SMILES string of the molecule is Cc1cc2c(cc1C)N(c1cc(C(C)(C)C)ccn1)c1cc(Sc3cccc(N4C=CN(c5ccc(C(C)(C)C)cc5)C4)c3)ccc1-c1ccccc1-2. The van der Waals surface area contributed by atoms with Crippen molar-refractivity contribution in [2.24, 2.45) is 0 Å². The van der Waals surface area contributed by atoms with E-state index in [0.717, 1.165) is 23.9 Å². The van der Waals surface area contributed by atoms with Crippen molar-refractivity contribution < 1.29 is 0 Å². The van der Waals surface area contributed by atoms with Gasteiger partial charge >= 0.3 is 0 Å². The molecule has 0 aliphatic carbocycles. The molecule has 0 fully saturated rings. The lowest BCUT2D eigenvalue weighted by Gasteiger charge is -2.29. The maximum absolute atomic E-state index is 5.05. The average Bonchev–Trinajstić information content (AvgIpc) is 3.60. The number of fused-ring (bicyclic) bond motifs is 5. The predicted octanol–water partition coefficient (Wildman–Crippen LogP) is 13.3. The number of aryl methyl sites for hydroxylation is 2. The van der Waals surface area contributed by atoms with Gasteiger partial charge in [0, 0.05) is 50.9 Å². The first-order valence-electron chi connectivity index (χ1n) is 18.6. The van der Waals surface area contributed by atoms with Crippen molar-refractivity contribution in [2.75, 3.05) is 21.4 Å². The Morgan fingerprint density at radius 2 is 1.17 bits per heavy atom. The van der Waals surface area contributed by atoms with E-state index in [-0.39, 0.29) is 10.8 Å². The Hall–Kier alpha value is -5.26. The van der Waals surface area contributed by atoms with Gasteiger partial charge in [0.1, 0.15) is 5.82 Å². The van der Waals surface area contributed by atoms with Crippen LogP contribution in [0.4, 0.5) is 28.6 Å². The van der Waals surface area contributed by atoms with Crippen molar-refractivity contribution in [3.63, 3.8) is 0 Å². The Balaban J connectivity index is 1.16. The van der Waals surface area contributed by atoms with Crippen LogP contribution in [0.25, 0.3) is 22.3 Å². The van der Waals surface area contributed by atoms with Crippen LogP contribution in [0.3, 0.4) is 0 Å². The third-order valence-electron chi connectivity index (χ3n) is 10.6. The van der Waals surface area contributed by atoms with Gasteiger partial charge in [-0.2, -0.15) is 0 Å². The number of anilines is 5. The van der Waals surface area contributed by atoms with Crippen molar-refractivity contribution in [2.45, 2.75) is 76.0 Å². The van der Waals surface area contributed by atoms with E-state index in [1.54, 1.807) is 11.8 Å². The normalized spacial score (nSPS) is 13.8. The van der Waals surface area contributed by atoms with Crippen LogP contribution < -0.4 is 14.7 Å². The average molecular weight is 713 g/mol. The highest BCUT2D eigenvalue weighted by Gasteiger charge is 2.29. The van der Waals surface area contributed by atoms with Gasteiger partial charge in [-0.25, -0.2) is 4.98 Å². The number of aromatic nitrogens is 1. The monoisotopic (exact) mass is 712 g/mol. The van der Waals surface area contributed by atoms with Gasteiger partial charge in [0.25, 0.3) is 0 Å². The number of hydrogen-bond acceptors (Lipinski definition) is 5. The molecule has 5 heteroatoms. The smallest absolute Gasteiger partial charge is 0.137 e. The van der Waals surface area contributed by atoms with Gasteiger partial charge < -0.3 is 9.80 Å². The number of hydrogen-bond donors (Lipinski definition) is 0.